The molecule has 1 aromatic carbocycles. The standard InChI is InChI=1S/C19H23ClN4O2/c1-22-12-16-17(21-22)5-6-24(13-18(25)23-7-9-26-10-8-23)19(16)14-3-2-4-15(20)11-14/h2-4,11H,5-10,12-13H2,1H3. The van der Waals surface area contributed by atoms with Crippen LogP contribution < -0.4 is 0 Å². The largest absolute Gasteiger partial charge is 0.378 e. The van der Waals surface area contributed by atoms with Gasteiger partial charge in [0.1, 0.15) is 0 Å². The van der Waals surface area contributed by atoms with Crippen LogP contribution in [0.1, 0.15) is 12.0 Å². The lowest BCUT2D eigenvalue weighted by Gasteiger charge is -2.35. The van der Waals surface area contributed by atoms with E-state index in [0.717, 1.165) is 36.5 Å². The molecule has 1 saturated heterocycles. The summed E-state index contributed by atoms with van der Waals surface area (Å²) in [6.45, 7) is 4.51. The van der Waals surface area contributed by atoms with Gasteiger partial charge in [0.25, 0.3) is 0 Å². The minimum atomic E-state index is 0.153. The maximum absolute atomic E-state index is 12.8. The van der Waals surface area contributed by atoms with Gasteiger partial charge in [-0.1, -0.05) is 23.7 Å². The zero-order chi connectivity index (χ0) is 18.1. The fraction of sp³-hybridized carbons (Fsp3) is 0.474. The summed E-state index contributed by atoms with van der Waals surface area (Å²) < 4.78 is 5.36. The first-order valence-corrected chi connectivity index (χ1v) is 9.38. The van der Waals surface area contributed by atoms with E-state index in [2.05, 4.69) is 16.1 Å². The number of ether oxygens (including phenoxy) is 1. The van der Waals surface area contributed by atoms with E-state index in [0.29, 0.717) is 37.9 Å². The van der Waals surface area contributed by atoms with E-state index in [1.165, 1.54) is 5.57 Å². The van der Waals surface area contributed by atoms with Gasteiger partial charge in [-0.05, 0) is 17.7 Å². The van der Waals surface area contributed by atoms with Crippen molar-refractivity contribution in [3.8, 4) is 0 Å². The summed E-state index contributed by atoms with van der Waals surface area (Å²) in [5, 5.41) is 7.29. The van der Waals surface area contributed by atoms with E-state index < -0.39 is 0 Å². The predicted octanol–water partition coefficient (Wildman–Crippen LogP) is 1.92. The second-order valence-corrected chi connectivity index (χ2v) is 7.30. The van der Waals surface area contributed by atoms with Gasteiger partial charge >= 0.3 is 0 Å². The van der Waals surface area contributed by atoms with Gasteiger partial charge in [0.05, 0.1) is 37.7 Å². The Bertz CT molecular complexity index is 771. The number of rotatable bonds is 3. The Morgan fingerprint density at radius 2 is 2.08 bits per heavy atom. The highest BCUT2D eigenvalue weighted by Gasteiger charge is 2.32. The van der Waals surface area contributed by atoms with Crippen molar-refractivity contribution in [2.45, 2.75) is 6.42 Å². The van der Waals surface area contributed by atoms with Crippen LogP contribution in [0.25, 0.3) is 5.70 Å². The molecule has 0 bridgehead atoms. The van der Waals surface area contributed by atoms with Crippen LogP contribution in [0.4, 0.5) is 0 Å². The molecule has 4 rings (SSSR count). The van der Waals surface area contributed by atoms with Gasteiger partial charge in [-0.3, -0.25) is 9.80 Å². The van der Waals surface area contributed by atoms with E-state index in [4.69, 9.17) is 16.3 Å². The van der Waals surface area contributed by atoms with Crippen LogP contribution in [0.3, 0.4) is 0 Å². The molecule has 0 unspecified atom stereocenters. The Hall–Kier alpha value is -2.05. The number of carbonyl (C=O) groups is 1. The lowest BCUT2D eigenvalue weighted by Crippen LogP contribution is -2.46. The third-order valence-corrected chi connectivity index (χ3v) is 5.27. The normalized spacial score (nSPS) is 20.4. The summed E-state index contributed by atoms with van der Waals surface area (Å²) in [6.07, 6.45) is 0.861. The van der Waals surface area contributed by atoms with E-state index >= 15 is 0 Å². The molecule has 6 nitrogen and oxygen atoms in total. The Balaban J connectivity index is 1.65. The number of likely N-dealkylation sites (N-methyl/N-ethyl adjacent to an activating group) is 1. The number of morpholine rings is 1. The van der Waals surface area contributed by atoms with Gasteiger partial charge in [-0.15, -0.1) is 0 Å². The molecule has 3 aliphatic heterocycles. The zero-order valence-electron chi connectivity index (χ0n) is 14.9. The number of carbonyl (C=O) groups excluding carboxylic acids is 1. The quantitative estimate of drug-likeness (QED) is 0.811. The molecule has 0 atom stereocenters. The van der Waals surface area contributed by atoms with Crippen LogP contribution in [-0.4, -0.2) is 79.4 Å². The predicted molar refractivity (Wildman–Crippen MR) is 102 cm³/mol. The molecule has 3 aliphatic rings. The summed E-state index contributed by atoms with van der Waals surface area (Å²) in [5.74, 6) is 0.153. The Morgan fingerprint density at radius 3 is 2.85 bits per heavy atom. The van der Waals surface area contributed by atoms with E-state index in [1.807, 2.05) is 35.2 Å². The lowest BCUT2D eigenvalue weighted by atomic mass is 9.95. The van der Waals surface area contributed by atoms with Gasteiger partial charge in [0.2, 0.25) is 5.91 Å². The van der Waals surface area contributed by atoms with Crippen molar-refractivity contribution in [2.24, 2.45) is 5.10 Å². The number of hydrogen-bond donors (Lipinski definition) is 0. The summed E-state index contributed by atoms with van der Waals surface area (Å²) in [5.41, 5.74) is 4.46. The van der Waals surface area contributed by atoms with Gasteiger partial charge in [0.15, 0.2) is 0 Å². The number of hydrogen-bond acceptors (Lipinski definition) is 5. The first kappa shape index (κ1) is 17.4. The van der Waals surface area contributed by atoms with Crippen molar-refractivity contribution >= 4 is 28.9 Å². The Labute approximate surface area is 158 Å². The monoisotopic (exact) mass is 374 g/mol. The first-order chi connectivity index (χ1) is 12.6. The summed E-state index contributed by atoms with van der Waals surface area (Å²) in [6, 6.07) is 7.86. The van der Waals surface area contributed by atoms with E-state index in [1.54, 1.807) is 0 Å². The summed E-state index contributed by atoms with van der Waals surface area (Å²) in [4.78, 5) is 16.9. The Morgan fingerprint density at radius 1 is 1.27 bits per heavy atom. The molecule has 0 radical (unpaired) electrons. The number of fused-ring (bicyclic) bond motifs is 1. The minimum Gasteiger partial charge on any atom is -0.378 e. The molecule has 138 valence electrons. The van der Waals surface area contributed by atoms with Gasteiger partial charge in [-0.2, -0.15) is 5.10 Å². The number of benzene rings is 1. The fourth-order valence-corrected chi connectivity index (χ4v) is 3.99. The molecular weight excluding hydrogens is 352 g/mol. The molecule has 1 amide bonds. The average Bonchev–Trinajstić information content (AvgIpc) is 3.02. The first-order valence-electron chi connectivity index (χ1n) is 9.00. The molecular formula is C19H23ClN4O2. The average molecular weight is 375 g/mol. The van der Waals surface area contributed by atoms with Gasteiger partial charge in [-0.25, -0.2) is 0 Å². The van der Waals surface area contributed by atoms with Crippen LogP contribution in [0.2, 0.25) is 5.02 Å². The molecule has 1 aromatic rings. The van der Waals surface area contributed by atoms with Gasteiger partial charge < -0.3 is 14.5 Å². The second-order valence-electron chi connectivity index (χ2n) is 6.86. The van der Waals surface area contributed by atoms with Crippen LogP contribution in [0.15, 0.2) is 34.9 Å². The van der Waals surface area contributed by atoms with Crippen molar-refractivity contribution in [2.75, 3.05) is 53.0 Å². The van der Waals surface area contributed by atoms with E-state index in [9.17, 15) is 4.79 Å². The molecule has 0 aliphatic carbocycles. The molecule has 7 heteroatoms. The molecule has 1 fully saturated rings. The number of halogens is 1. The topological polar surface area (TPSA) is 48.4 Å². The van der Waals surface area contributed by atoms with Crippen molar-refractivity contribution in [1.29, 1.82) is 0 Å². The van der Waals surface area contributed by atoms with Crippen LogP contribution in [0, 0.1) is 0 Å². The molecule has 26 heavy (non-hydrogen) atoms. The molecule has 3 heterocycles. The summed E-state index contributed by atoms with van der Waals surface area (Å²) in [7, 11) is 1.98. The smallest absolute Gasteiger partial charge is 0.242 e. The van der Waals surface area contributed by atoms with Crippen molar-refractivity contribution in [1.82, 2.24) is 14.8 Å². The summed E-state index contributed by atoms with van der Waals surface area (Å²) >= 11 is 6.24. The highest BCUT2D eigenvalue weighted by atomic mass is 35.5. The van der Waals surface area contributed by atoms with Gasteiger partial charge in [0, 0.05) is 43.7 Å². The maximum atomic E-state index is 12.8. The van der Waals surface area contributed by atoms with Crippen molar-refractivity contribution in [3.05, 3.63) is 40.4 Å². The molecule has 0 aromatic heterocycles. The molecule has 0 spiro atoms. The minimum absolute atomic E-state index is 0.153. The van der Waals surface area contributed by atoms with Crippen molar-refractivity contribution < 1.29 is 9.53 Å². The highest BCUT2D eigenvalue weighted by molar-refractivity contribution is 6.30. The van der Waals surface area contributed by atoms with E-state index in [-0.39, 0.29) is 5.91 Å². The molecule has 0 saturated carbocycles. The third-order valence-electron chi connectivity index (χ3n) is 5.04. The van der Waals surface area contributed by atoms with Crippen LogP contribution in [-0.2, 0) is 9.53 Å². The fourth-order valence-electron chi connectivity index (χ4n) is 3.80. The van der Waals surface area contributed by atoms with Crippen molar-refractivity contribution in [3.63, 3.8) is 0 Å². The Kier molecular flexibility index (Phi) is 4.87. The number of amides is 1. The third kappa shape index (κ3) is 3.44. The van der Waals surface area contributed by atoms with Crippen LogP contribution in [0.5, 0.6) is 0 Å². The lowest BCUT2D eigenvalue weighted by molar-refractivity contribution is -0.135. The molecule has 0 N–H and O–H groups in total. The SMILES string of the molecule is CN1CC2=C(c3cccc(Cl)c3)N(CC(=O)N3CCOCC3)CCC2=N1. The highest BCUT2D eigenvalue weighted by Crippen LogP contribution is 2.33. The number of nitrogens with zero attached hydrogens (tertiary/aromatic N) is 4. The zero-order valence-corrected chi connectivity index (χ0v) is 15.7. The number of hydrazone groups is 1. The maximum Gasteiger partial charge on any atom is 0.242 e. The second kappa shape index (κ2) is 7.29. The van der Waals surface area contributed by atoms with Crippen LogP contribution >= 0.6 is 11.6 Å².